The van der Waals surface area contributed by atoms with Crippen LogP contribution in [-0.4, -0.2) is 24.3 Å². The Hall–Kier alpha value is -1.07. The Morgan fingerprint density at radius 2 is 2.29 bits per heavy atom. The Kier molecular flexibility index (Phi) is 6.00. The first-order valence-electron chi connectivity index (χ1n) is 5.79. The number of rotatable bonds is 6. The lowest BCUT2D eigenvalue weighted by Crippen LogP contribution is -2.37. The van der Waals surface area contributed by atoms with Gasteiger partial charge in [-0.1, -0.05) is 6.92 Å². The van der Waals surface area contributed by atoms with Gasteiger partial charge in [-0.15, -0.1) is 11.3 Å². The van der Waals surface area contributed by atoms with Crippen molar-refractivity contribution in [3.05, 3.63) is 21.9 Å². The van der Waals surface area contributed by atoms with Crippen LogP contribution in [0.15, 0.2) is 11.4 Å². The fraction of sp³-hybridized carbons (Fsp3) is 0.583. The van der Waals surface area contributed by atoms with E-state index >= 15 is 0 Å². The number of carbonyl (C=O) groups is 1. The SMILES string of the molecule is Cc1ccsc1CNC(=O)NCC(C)CCO. The van der Waals surface area contributed by atoms with Crippen LogP contribution in [0, 0.1) is 12.8 Å². The highest BCUT2D eigenvalue weighted by Crippen LogP contribution is 2.14. The van der Waals surface area contributed by atoms with Crippen LogP contribution in [-0.2, 0) is 6.54 Å². The molecule has 1 atom stereocenters. The highest BCUT2D eigenvalue weighted by atomic mass is 32.1. The van der Waals surface area contributed by atoms with Crippen molar-refractivity contribution in [1.29, 1.82) is 0 Å². The van der Waals surface area contributed by atoms with Crippen molar-refractivity contribution < 1.29 is 9.90 Å². The first-order valence-corrected chi connectivity index (χ1v) is 6.67. The first-order chi connectivity index (χ1) is 8.13. The normalized spacial score (nSPS) is 12.2. The average Bonchev–Trinajstić information content (AvgIpc) is 2.70. The molecule has 0 aliphatic rings. The van der Waals surface area contributed by atoms with E-state index in [0.29, 0.717) is 25.4 Å². The predicted molar refractivity (Wildman–Crippen MR) is 70.2 cm³/mol. The average molecular weight is 256 g/mol. The largest absolute Gasteiger partial charge is 0.396 e. The summed E-state index contributed by atoms with van der Waals surface area (Å²) < 4.78 is 0. The van der Waals surface area contributed by atoms with Crippen LogP contribution >= 0.6 is 11.3 Å². The number of hydrogen-bond acceptors (Lipinski definition) is 3. The Bertz CT molecular complexity index is 352. The summed E-state index contributed by atoms with van der Waals surface area (Å²) in [5.74, 6) is 0.300. The summed E-state index contributed by atoms with van der Waals surface area (Å²) in [5.41, 5.74) is 1.21. The minimum absolute atomic E-state index is 0.150. The topological polar surface area (TPSA) is 61.4 Å². The van der Waals surface area contributed by atoms with Crippen LogP contribution in [0.5, 0.6) is 0 Å². The van der Waals surface area contributed by atoms with E-state index < -0.39 is 0 Å². The molecule has 5 heteroatoms. The number of aliphatic hydroxyl groups is 1. The number of aryl methyl sites for hydroxylation is 1. The Morgan fingerprint density at radius 3 is 2.88 bits per heavy atom. The van der Waals surface area contributed by atoms with Crippen LogP contribution in [0.25, 0.3) is 0 Å². The fourth-order valence-electron chi connectivity index (χ4n) is 1.40. The lowest BCUT2D eigenvalue weighted by molar-refractivity contribution is 0.233. The molecule has 0 aliphatic heterocycles. The summed E-state index contributed by atoms with van der Waals surface area (Å²) >= 11 is 1.65. The van der Waals surface area contributed by atoms with Crippen molar-refractivity contribution in [3.63, 3.8) is 0 Å². The number of nitrogens with one attached hydrogen (secondary N) is 2. The molecule has 2 amide bonds. The van der Waals surface area contributed by atoms with Gasteiger partial charge in [0.25, 0.3) is 0 Å². The second-order valence-electron chi connectivity index (χ2n) is 4.21. The van der Waals surface area contributed by atoms with Crippen molar-refractivity contribution >= 4 is 17.4 Å². The summed E-state index contributed by atoms with van der Waals surface area (Å²) in [5, 5.41) is 16.4. The van der Waals surface area contributed by atoms with Crippen LogP contribution < -0.4 is 10.6 Å². The van der Waals surface area contributed by atoms with Crippen molar-refractivity contribution in [2.75, 3.05) is 13.2 Å². The molecule has 1 unspecified atom stereocenters. The molecule has 1 heterocycles. The first kappa shape index (κ1) is 14.0. The molecule has 0 saturated carbocycles. The Labute approximate surface area is 106 Å². The Balaban J connectivity index is 2.20. The van der Waals surface area contributed by atoms with Gasteiger partial charge >= 0.3 is 6.03 Å². The molecule has 3 N–H and O–H groups in total. The van der Waals surface area contributed by atoms with Crippen LogP contribution in [0.1, 0.15) is 23.8 Å². The molecule has 0 aliphatic carbocycles. The van der Waals surface area contributed by atoms with E-state index in [9.17, 15) is 4.79 Å². The van der Waals surface area contributed by atoms with Crippen molar-refractivity contribution in [1.82, 2.24) is 10.6 Å². The summed E-state index contributed by atoms with van der Waals surface area (Å²) in [6.07, 6.45) is 0.713. The molecule has 1 aromatic rings. The van der Waals surface area contributed by atoms with E-state index in [1.807, 2.05) is 25.3 Å². The van der Waals surface area contributed by atoms with Gasteiger partial charge in [0.05, 0.1) is 6.54 Å². The van der Waals surface area contributed by atoms with Gasteiger partial charge in [-0.25, -0.2) is 4.79 Å². The molecule has 0 spiro atoms. The molecular formula is C12H20N2O2S. The fourth-order valence-corrected chi connectivity index (χ4v) is 2.24. The zero-order chi connectivity index (χ0) is 12.7. The summed E-state index contributed by atoms with van der Waals surface area (Å²) in [6, 6.07) is 1.89. The van der Waals surface area contributed by atoms with Crippen LogP contribution in [0.2, 0.25) is 0 Å². The molecular weight excluding hydrogens is 236 g/mol. The van der Waals surface area contributed by atoms with Gasteiger partial charge < -0.3 is 15.7 Å². The molecule has 0 bridgehead atoms. The van der Waals surface area contributed by atoms with E-state index in [0.717, 1.165) is 0 Å². The highest BCUT2D eigenvalue weighted by Gasteiger charge is 2.05. The van der Waals surface area contributed by atoms with Crippen LogP contribution in [0.3, 0.4) is 0 Å². The number of urea groups is 1. The zero-order valence-electron chi connectivity index (χ0n) is 10.3. The van der Waals surface area contributed by atoms with Gasteiger partial charge in [0.2, 0.25) is 0 Å². The second kappa shape index (κ2) is 7.29. The number of hydrogen-bond donors (Lipinski definition) is 3. The monoisotopic (exact) mass is 256 g/mol. The van der Waals surface area contributed by atoms with Crippen molar-refractivity contribution in [2.24, 2.45) is 5.92 Å². The number of thiophene rings is 1. The van der Waals surface area contributed by atoms with Crippen LogP contribution in [0.4, 0.5) is 4.79 Å². The maximum atomic E-state index is 11.5. The lowest BCUT2D eigenvalue weighted by Gasteiger charge is -2.11. The zero-order valence-corrected chi connectivity index (χ0v) is 11.1. The van der Waals surface area contributed by atoms with Gasteiger partial charge in [0.15, 0.2) is 0 Å². The van der Waals surface area contributed by atoms with E-state index in [1.165, 1.54) is 10.4 Å². The molecule has 4 nitrogen and oxygen atoms in total. The minimum Gasteiger partial charge on any atom is -0.396 e. The standard InChI is InChI=1S/C12H20N2O2S/c1-9(3-5-15)7-13-12(16)14-8-11-10(2)4-6-17-11/h4,6,9,15H,3,5,7-8H2,1-2H3,(H2,13,14,16). The van der Waals surface area contributed by atoms with Gasteiger partial charge in [0.1, 0.15) is 0 Å². The van der Waals surface area contributed by atoms with Crippen molar-refractivity contribution in [3.8, 4) is 0 Å². The van der Waals surface area contributed by atoms with E-state index in [4.69, 9.17) is 5.11 Å². The maximum Gasteiger partial charge on any atom is 0.315 e. The maximum absolute atomic E-state index is 11.5. The number of amides is 2. The molecule has 17 heavy (non-hydrogen) atoms. The summed E-state index contributed by atoms with van der Waals surface area (Å²) in [4.78, 5) is 12.7. The Morgan fingerprint density at radius 1 is 1.53 bits per heavy atom. The third-order valence-electron chi connectivity index (χ3n) is 2.61. The molecule has 0 aromatic carbocycles. The summed E-state index contributed by atoms with van der Waals surface area (Å²) in [6.45, 7) is 5.37. The van der Waals surface area contributed by atoms with E-state index in [1.54, 1.807) is 11.3 Å². The summed E-state index contributed by atoms with van der Waals surface area (Å²) in [7, 11) is 0. The number of aliphatic hydroxyl groups excluding tert-OH is 1. The quantitative estimate of drug-likeness (QED) is 0.727. The molecule has 96 valence electrons. The van der Waals surface area contributed by atoms with Crippen molar-refractivity contribution in [2.45, 2.75) is 26.8 Å². The second-order valence-corrected chi connectivity index (χ2v) is 5.21. The lowest BCUT2D eigenvalue weighted by atomic mass is 10.1. The van der Waals surface area contributed by atoms with Gasteiger partial charge in [0, 0.05) is 18.0 Å². The van der Waals surface area contributed by atoms with Gasteiger partial charge in [-0.3, -0.25) is 0 Å². The molecule has 1 aromatic heterocycles. The highest BCUT2D eigenvalue weighted by molar-refractivity contribution is 7.10. The number of carbonyl (C=O) groups excluding carboxylic acids is 1. The van der Waals surface area contributed by atoms with E-state index in [-0.39, 0.29) is 12.6 Å². The molecule has 0 fully saturated rings. The third kappa shape index (κ3) is 5.19. The third-order valence-corrected chi connectivity index (χ3v) is 3.63. The van der Waals surface area contributed by atoms with Gasteiger partial charge in [-0.05, 0) is 36.3 Å². The smallest absolute Gasteiger partial charge is 0.315 e. The van der Waals surface area contributed by atoms with Gasteiger partial charge in [-0.2, -0.15) is 0 Å². The predicted octanol–water partition coefficient (Wildman–Crippen LogP) is 1.87. The molecule has 1 rings (SSSR count). The molecule has 0 radical (unpaired) electrons. The van der Waals surface area contributed by atoms with E-state index in [2.05, 4.69) is 10.6 Å². The molecule has 0 saturated heterocycles. The minimum atomic E-state index is -0.150.